The van der Waals surface area contributed by atoms with E-state index in [0.29, 0.717) is 11.3 Å². The van der Waals surface area contributed by atoms with E-state index in [1.165, 1.54) is 11.3 Å². The summed E-state index contributed by atoms with van der Waals surface area (Å²) in [5.74, 6) is -0.124. The molecule has 4 rings (SSSR count). The third kappa shape index (κ3) is 4.01. The number of rotatable bonds is 6. The minimum absolute atomic E-state index is 0.0732. The molecule has 3 heterocycles. The van der Waals surface area contributed by atoms with Crippen molar-refractivity contribution in [1.29, 1.82) is 0 Å². The maximum Gasteiger partial charge on any atom is 0.271 e. The van der Waals surface area contributed by atoms with Crippen LogP contribution in [-0.4, -0.2) is 29.7 Å². The zero-order valence-electron chi connectivity index (χ0n) is 14.9. The van der Waals surface area contributed by atoms with Crippen molar-refractivity contribution in [3.8, 4) is 10.4 Å². The van der Waals surface area contributed by atoms with Crippen molar-refractivity contribution < 1.29 is 9.31 Å². The molecule has 0 amide bonds. The first-order chi connectivity index (χ1) is 14.0. The van der Waals surface area contributed by atoms with Crippen LogP contribution in [0.4, 0.5) is 33.2 Å². The van der Waals surface area contributed by atoms with Gasteiger partial charge in [0.2, 0.25) is 5.95 Å². The van der Waals surface area contributed by atoms with Crippen LogP contribution >= 0.6 is 11.3 Å². The third-order valence-corrected chi connectivity index (χ3v) is 4.67. The Morgan fingerprint density at radius 3 is 2.79 bits per heavy atom. The maximum atomic E-state index is 14.3. The molecule has 0 aliphatic heterocycles. The lowest BCUT2D eigenvalue weighted by Crippen LogP contribution is -2.04. The first-order valence-corrected chi connectivity index (χ1v) is 9.10. The Hall–Kier alpha value is -3.93. The average molecular weight is 412 g/mol. The quantitative estimate of drug-likeness (QED) is 0.361. The minimum atomic E-state index is -0.647. The highest BCUT2D eigenvalue weighted by Gasteiger charge is 2.16. The van der Waals surface area contributed by atoms with Crippen LogP contribution in [0, 0.1) is 15.9 Å². The fourth-order valence-electron chi connectivity index (χ4n) is 2.53. The highest BCUT2D eigenvalue weighted by atomic mass is 32.1. The Balaban J connectivity index is 1.74. The van der Waals surface area contributed by atoms with Gasteiger partial charge in [-0.2, -0.15) is 10.1 Å². The molecule has 0 aliphatic carbocycles. The number of nitro groups is 1. The van der Waals surface area contributed by atoms with Gasteiger partial charge in [-0.1, -0.05) is 0 Å². The number of non-ortho nitro benzene ring substituents is 1. The van der Waals surface area contributed by atoms with Gasteiger partial charge in [0, 0.05) is 37.8 Å². The van der Waals surface area contributed by atoms with Crippen LogP contribution < -0.4 is 10.6 Å². The van der Waals surface area contributed by atoms with E-state index in [1.807, 2.05) is 0 Å². The molecule has 10 nitrogen and oxygen atoms in total. The van der Waals surface area contributed by atoms with Gasteiger partial charge in [0.25, 0.3) is 5.69 Å². The zero-order chi connectivity index (χ0) is 20.4. The van der Waals surface area contributed by atoms with Crippen LogP contribution in [0.5, 0.6) is 0 Å². The van der Waals surface area contributed by atoms with Gasteiger partial charge in [-0.3, -0.25) is 19.8 Å². The van der Waals surface area contributed by atoms with Crippen molar-refractivity contribution in [2.45, 2.75) is 0 Å². The standard InChI is InChI=1S/C17H13FN8O2S/c1-25-8-10(5-21-25)22-17-20-6-12(15-7-19-9-29-15)16(24-17)23-14-4-11(26(27)28)2-3-13(14)18/h2-9H,1H3,(H2,20,22,23,24). The molecule has 0 fully saturated rings. The maximum absolute atomic E-state index is 14.3. The van der Waals surface area contributed by atoms with E-state index in [2.05, 4.69) is 30.7 Å². The molecule has 0 saturated carbocycles. The minimum Gasteiger partial charge on any atom is -0.337 e. The Bertz CT molecular complexity index is 1180. The molecule has 1 aromatic carbocycles. The van der Waals surface area contributed by atoms with E-state index in [0.717, 1.165) is 23.1 Å². The van der Waals surface area contributed by atoms with Gasteiger partial charge in [0.05, 0.1) is 38.4 Å². The number of nitrogens with one attached hydrogen (secondary N) is 2. The molecule has 0 spiro atoms. The summed E-state index contributed by atoms with van der Waals surface area (Å²) in [4.78, 5) is 23.9. The number of aryl methyl sites for hydroxylation is 1. The van der Waals surface area contributed by atoms with Gasteiger partial charge < -0.3 is 10.6 Å². The van der Waals surface area contributed by atoms with Crippen molar-refractivity contribution in [2.75, 3.05) is 10.6 Å². The highest BCUT2D eigenvalue weighted by molar-refractivity contribution is 7.13. The first-order valence-electron chi connectivity index (χ1n) is 8.22. The molecule has 0 bridgehead atoms. The molecule has 29 heavy (non-hydrogen) atoms. The number of aromatic nitrogens is 5. The molecule has 4 aromatic rings. The number of anilines is 4. The SMILES string of the molecule is Cn1cc(Nc2ncc(-c3cncs3)c(Nc3cc([N+](=O)[O-])ccc3F)n2)cn1. The van der Waals surface area contributed by atoms with Crippen LogP contribution in [0.1, 0.15) is 0 Å². The molecule has 146 valence electrons. The van der Waals surface area contributed by atoms with Crippen LogP contribution in [0.25, 0.3) is 10.4 Å². The summed E-state index contributed by atoms with van der Waals surface area (Å²) in [7, 11) is 1.77. The van der Waals surface area contributed by atoms with Crippen LogP contribution in [0.3, 0.4) is 0 Å². The van der Waals surface area contributed by atoms with Gasteiger partial charge >= 0.3 is 0 Å². The summed E-state index contributed by atoms with van der Waals surface area (Å²) in [6.07, 6.45) is 6.55. The van der Waals surface area contributed by atoms with Crippen molar-refractivity contribution in [1.82, 2.24) is 24.7 Å². The van der Waals surface area contributed by atoms with Gasteiger partial charge in [0.15, 0.2) is 0 Å². The summed E-state index contributed by atoms with van der Waals surface area (Å²) in [5.41, 5.74) is 2.59. The summed E-state index contributed by atoms with van der Waals surface area (Å²) in [6.45, 7) is 0. The predicted octanol–water partition coefficient (Wildman–Crippen LogP) is 3.87. The Morgan fingerprint density at radius 2 is 2.10 bits per heavy atom. The summed E-state index contributed by atoms with van der Waals surface area (Å²) >= 11 is 1.36. The average Bonchev–Trinajstić information content (AvgIpc) is 3.36. The van der Waals surface area contributed by atoms with E-state index in [9.17, 15) is 14.5 Å². The molecule has 0 unspecified atom stereocenters. The fourth-order valence-corrected chi connectivity index (χ4v) is 3.16. The van der Waals surface area contributed by atoms with E-state index in [-0.39, 0.29) is 23.1 Å². The Kier molecular flexibility index (Phi) is 4.83. The second kappa shape index (κ2) is 7.59. The fraction of sp³-hybridized carbons (Fsp3) is 0.0588. The first kappa shape index (κ1) is 18.4. The van der Waals surface area contributed by atoms with E-state index >= 15 is 0 Å². The lowest BCUT2D eigenvalue weighted by atomic mass is 10.2. The number of nitro benzene ring substituents is 1. The number of thiazole rings is 1. The van der Waals surface area contributed by atoms with E-state index in [4.69, 9.17) is 0 Å². The van der Waals surface area contributed by atoms with Crippen LogP contribution in [0.2, 0.25) is 0 Å². The number of nitrogens with zero attached hydrogens (tertiary/aromatic N) is 6. The molecule has 0 saturated heterocycles. The van der Waals surface area contributed by atoms with Crippen LogP contribution in [0.15, 0.2) is 48.5 Å². The Labute approximate surface area is 167 Å². The summed E-state index contributed by atoms with van der Waals surface area (Å²) < 4.78 is 15.9. The summed E-state index contributed by atoms with van der Waals surface area (Å²) in [6, 6.07) is 3.24. The topological polar surface area (TPSA) is 124 Å². The third-order valence-electron chi connectivity index (χ3n) is 3.86. The van der Waals surface area contributed by atoms with Gasteiger partial charge in [-0.15, -0.1) is 11.3 Å². The van der Waals surface area contributed by atoms with Crippen molar-refractivity contribution >= 4 is 40.2 Å². The molecule has 0 atom stereocenters. The number of halogens is 1. The monoisotopic (exact) mass is 412 g/mol. The molecule has 0 radical (unpaired) electrons. The second-order valence-electron chi connectivity index (χ2n) is 5.90. The predicted molar refractivity (Wildman–Crippen MR) is 106 cm³/mol. The number of hydrogen-bond donors (Lipinski definition) is 2. The lowest BCUT2D eigenvalue weighted by Gasteiger charge is -2.12. The second-order valence-corrected chi connectivity index (χ2v) is 6.78. The molecular formula is C17H13FN8O2S. The normalized spacial score (nSPS) is 10.7. The number of benzene rings is 1. The highest BCUT2D eigenvalue weighted by Crippen LogP contribution is 2.33. The Morgan fingerprint density at radius 1 is 1.24 bits per heavy atom. The molecule has 12 heteroatoms. The van der Waals surface area contributed by atoms with E-state index in [1.54, 1.807) is 42.0 Å². The molecular weight excluding hydrogens is 399 g/mol. The zero-order valence-corrected chi connectivity index (χ0v) is 15.7. The van der Waals surface area contributed by atoms with Gasteiger partial charge in [-0.05, 0) is 6.07 Å². The lowest BCUT2D eigenvalue weighted by molar-refractivity contribution is -0.384. The smallest absolute Gasteiger partial charge is 0.271 e. The van der Waals surface area contributed by atoms with E-state index < -0.39 is 10.7 Å². The van der Waals surface area contributed by atoms with Crippen molar-refractivity contribution in [3.63, 3.8) is 0 Å². The van der Waals surface area contributed by atoms with Crippen molar-refractivity contribution in [3.05, 3.63) is 64.4 Å². The summed E-state index contributed by atoms with van der Waals surface area (Å²) in [5, 5.41) is 20.9. The molecule has 0 aliphatic rings. The molecule has 3 aromatic heterocycles. The number of hydrogen-bond acceptors (Lipinski definition) is 9. The molecule has 2 N–H and O–H groups in total. The van der Waals surface area contributed by atoms with Crippen LogP contribution in [-0.2, 0) is 7.05 Å². The van der Waals surface area contributed by atoms with Crippen molar-refractivity contribution in [2.24, 2.45) is 7.05 Å². The van der Waals surface area contributed by atoms with Gasteiger partial charge in [0.1, 0.15) is 11.6 Å². The van der Waals surface area contributed by atoms with Gasteiger partial charge in [-0.25, -0.2) is 9.37 Å². The largest absolute Gasteiger partial charge is 0.337 e.